The van der Waals surface area contributed by atoms with E-state index in [2.05, 4.69) is 6.92 Å². The molecule has 100 valence electrons. The molecular formula is C12H16O5S. The smallest absolute Gasteiger partial charge is 0.306 e. The van der Waals surface area contributed by atoms with E-state index in [9.17, 15) is 8.42 Å². The second-order valence-corrected chi connectivity index (χ2v) is 6.06. The zero-order chi connectivity index (χ0) is 13.2. The third-order valence-electron chi connectivity index (χ3n) is 2.50. The van der Waals surface area contributed by atoms with Gasteiger partial charge >= 0.3 is 10.1 Å². The SMILES string of the molecule is C[C@H]1COC(Oc2ccc(OS(C)(=O)=O)cc2)C1. The Balaban J connectivity index is 1.95. The molecule has 0 aliphatic carbocycles. The lowest BCUT2D eigenvalue weighted by Gasteiger charge is -2.13. The van der Waals surface area contributed by atoms with Crippen molar-refractivity contribution in [1.29, 1.82) is 0 Å². The van der Waals surface area contributed by atoms with Crippen LogP contribution in [0.4, 0.5) is 0 Å². The maximum absolute atomic E-state index is 10.9. The highest BCUT2D eigenvalue weighted by Crippen LogP contribution is 2.24. The van der Waals surface area contributed by atoms with Crippen LogP contribution in [-0.2, 0) is 14.9 Å². The minimum absolute atomic E-state index is 0.221. The first kappa shape index (κ1) is 13.2. The van der Waals surface area contributed by atoms with Crippen LogP contribution in [0.2, 0.25) is 0 Å². The lowest BCUT2D eigenvalue weighted by Crippen LogP contribution is -2.14. The fourth-order valence-electron chi connectivity index (χ4n) is 1.72. The van der Waals surface area contributed by atoms with Crippen LogP contribution in [0.5, 0.6) is 11.5 Å². The number of benzene rings is 1. The molecular weight excluding hydrogens is 256 g/mol. The minimum atomic E-state index is -3.49. The van der Waals surface area contributed by atoms with Gasteiger partial charge in [0.25, 0.3) is 0 Å². The summed E-state index contributed by atoms with van der Waals surface area (Å²) in [6, 6.07) is 6.42. The molecule has 18 heavy (non-hydrogen) atoms. The Morgan fingerprint density at radius 3 is 2.33 bits per heavy atom. The summed E-state index contributed by atoms with van der Waals surface area (Å²) in [5.74, 6) is 1.41. The summed E-state index contributed by atoms with van der Waals surface area (Å²) in [4.78, 5) is 0. The lowest BCUT2D eigenvalue weighted by atomic mass is 10.1. The quantitative estimate of drug-likeness (QED) is 0.782. The summed E-state index contributed by atoms with van der Waals surface area (Å²) in [5.41, 5.74) is 0. The fraction of sp³-hybridized carbons (Fsp3) is 0.500. The van der Waals surface area contributed by atoms with E-state index in [1.807, 2.05) is 0 Å². The first-order valence-electron chi connectivity index (χ1n) is 5.70. The van der Waals surface area contributed by atoms with E-state index >= 15 is 0 Å². The number of hydrogen-bond acceptors (Lipinski definition) is 5. The summed E-state index contributed by atoms with van der Waals surface area (Å²) < 4.78 is 37.6. The Labute approximate surface area is 107 Å². The molecule has 2 atom stereocenters. The van der Waals surface area contributed by atoms with E-state index in [1.165, 1.54) is 0 Å². The Morgan fingerprint density at radius 2 is 1.83 bits per heavy atom. The lowest BCUT2D eigenvalue weighted by molar-refractivity contribution is -0.0393. The number of hydrogen-bond donors (Lipinski definition) is 0. The molecule has 5 nitrogen and oxygen atoms in total. The van der Waals surface area contributed by atoms with Crippen LogP contribution < -0.4 is 8.92 Å². The topological polar surface area (TPSA) is 61.8 Å². The highest BCUT2D eigenvalue weighted by molar-refractivity contribution is 7.86. The van der Waals surface area contributed by atoms with Crippen LogP contribution in [-0.4, -0.2) is 27.6 Å². The molecule has 1 unspecified atom stereocenters. The summed E-state index contributed by atoms with van der Waals surface area (Å²) in [5, 5.41) is 0. The molecule has 1 heterocycles. The van der Waals surface area contributed by atoms with Crippen LogP contribution in [0.25, 0.3) is 0 Å². The Kier molecular flexibility index (Phi) is 3.77. The monoisotopic (exact) mass is 272 g/mol. The summed E-state index contributed by atoms with van der Waals surface area (Å²) >= 11 is 0. The van der Waals surface area contributed by atoms with Crippen molar-refractivity contribution < 1.29 is 22.1 Å². The molecule has 1 aromatic carbocycles. The molecule has 1 fully saturated rings. The summed E-state index contributed by atoms with van der Waals surface area (Å²) in [6.45, 7) is 2.81. The van der Waals surface area contributed by atoms with Gasteiger partial charge in [-0.05, 0) is 30.2 Å². The van der Waals surface area contributed by atoms with Gasteiger partial charge in [0.15, 0.2) is 6.29 Å². The second-order valence-electron chi connectivity index (χ2n) is 4.48. The van der Waals surface area contributed by atoms with Gasteiger partial charge in [0.2, 0.25) is 0 Å². The zero-order valence-corrected chi connectivity index (χ0v) is 11.1. The predicted molar refractivity (Wildman–Crippen MR) is 66.1 cm³/mol. The van der Waals surface area contributed by atoms with Gasteiger partial charge in [-0.15, -0.1) is 0 Å². The predicted octanol–water partition coefficient (Wildman–Crippen LogP) is 1.79. The van der Waals surface area contributed by atoms with Crippen molar-refractivity contribution >= 4 is 10.1 Å². The zero-order valence-electron chi connectivity index (χ0n) is 10.3. The highest BCUT2D eigenvalue weighted by atomic mass is 32.2. The summed E-state index contributed by atoms with van der Waals surface area (Å²) in [7, 11) is -3.49. The first-order valence-corrected chi connectivity index (χ1v) is 7.52. The molecule has 0 saturated carbocycles. The van der Waals surface area contributed by atoms with Gasteiger partial charge in [0, 0.05) is 6.42 Å². The Hall–Kier alpha value is -1.27. The first-order chi connectivity index (χ1) is 8.42. The van der Waals surface area contributed by atoms with Crippen LogP contribution in [0.3, 0.4) is 0 Å². The standard InChI is InChI=1S/C12H16O5S/c1-9-7-12(15-8-9)16-10-3-5-11(6-4-10)17-18(2,13)14/h3-6,9,12H,7-8H2,1-2H3/t9-,12?/m1/s1. The van der Waals surface area contributed by atoms with Crippen LogP contribution >= 0.6 is 0 Å². The molecule has 0 radical (unpaired) electrons. The van der Waals surface area contributed by atoms with E-state index in [4.69, 9.17) is 13.7 Å². The fourth-order valence-corrected chi connectivity index (χ4v) is 2.18. The van der Waals surface area contributed by atoms with Crippen LogP contribution in [0.1, 0.15) is 13.3 Å². The van der Waals surface area contributed by atoms with Crippen LogP contribution in [0.15, 0.2) is 24.3 Å². The van der Waals surface area contributed by atoms with Crippen LogP contribution in [0, 0.1) is 5.92 Å². The Morgan fingerprint density at radius 1 is 1.22 bits per heavy atom. The van der Waals surface area contributed by atoms with Gasteiger partial charge in [0.05, 0.1) is 12.9 Å². The number of ether oxygens (including phenoxy) is 2. The molecule has 0 aromatic heterocycles. The molecule has 1 saturated heterocycles. The molecule has 1 aliphatic rings. The van der Waals surface area contributed by atoms with Gasteiger partial charge in [-0.1, -0.05) is 6.92 Å². The molecule has 0 amide bonds. The van der Waals surface area contributed by atoms with Crippen molar-refractivity contribution in [2.24, 2.45) is 5.92 Å². The van der Waals surface area contributed by atoms with E-state index in [1.54, 1.807) is 24.3 Å². The largest absolute Gasteiger partial charge is 0.465 e. The van der Waals surface area contributed by atoms with Crippen molar-refractivity contribution in [1.82, 2.24) is 0 Å². The second kappa shape index (κ2) is 5.16. The van der Waals surface area contributed by atoms with E-state index < -0.39 is 10.1 Å². The number of rotatable bonds is 4. The van der Waals surface area contributed by atoms with Crippen molar-refractivity contribution in [3.63, 3.8) is 0 Å². The molecule has 1 aromatic rings. The van der Waals surface area contributed by atoms with Gasteiger partial charge < -0.3 is 13.7 Å². The van der Waals surface area contributed by atoms with Crippen molar-refractivity contribution in [2.75, 3.05) is 12.9 Å². The third kappa shape index (κ3) is 3.89. The van der Waals surface area contributed by atoms with Gasteiger partial charge in [-0.2, -0.15) is 8.42 Å². The van der Waals surface area contributed by atoms with E-state index in [0.29, 0.717) is 18.3 Å². The maximum Gasteiger partial charge on any atom is 0.306 e. The third-order valence-corrected chi connectivity index (χ3v) is 3.00. The van der Waals surface area contributed by atoms with Gasteiger partial charge in [0.1, 0.15) is 11.5 Å². The normalized spacial score (nSPS) is 23.9. The minimum Gasteiger partial charge on any atom is -0.465 e. The molecule has 6 heteroatoms. The average Bonchev–Trinajstić information content (AvgIpc) is 2.65. The molecule has 0 bridgehead atoms. The maximum atomic E-state index is 10.9. The van der Waals surface area contributed by atoms with E-state index in [0.717, 1.165) is 12.7 Å². The highest BCUT2D eigenvalue weighted by Gasteiger charge is 2.23. The average molecular weight is 272 g/mol. The van der Waals surface area contributed by atoms with Gasteiger partial charge in [-0.25, -0.2) is 0 Å². The molecule has 0 N–H and O–H groups in total. The van der Waals surface area contributed by atoms with Crippen molar-refractivity contribution in [3.8, 4) is 11.5 Å². The van der Waals surface area contributed by atoms with Crippen molar-refractivity contribution in [2.45, 2.75) is 19.6 Å². The van der Waals surface area contributed by atoms with Gasteiger partial charge in [-0.3, -0.25) is 0 Å². The molecule has 2 rings (SSSR count). The van der Waals surface area contributed by atoms with E-state index in [-0.39, 0.29) is 12.0 Å². The molecule has 1 aliphatic heterocycles. The molecule has 0 spiro atoms. The van der Waals surface area contributed by atoms with Crippen molar-refractivity contribution in [3.05, 3.63) is 24.3 Å². The summed E-state index contributed by atoms with van der Waals surface area (Å²) in [6.07, 6.45) is 1.65. The Bertz CT molecular complexity index is 494.